The molecule has 0 radical (unpaired) electrons. The van der Waals surface area contributed by atoms with Crippen molar-refractivity contribution in [2.24, 2.45) is 0 Å². The first kappa shape index (κ1) is 27.6. The summed E-state index contributed by atoms with van der Waals surface area (Å²) in [6.07, 6.45) is 0.922. The number of anilines is 1. The van der Waals surface area contributed by atoms with Crippen LogP contribution in [0.15, 0.2) is 84.0 Å². The predicted molar refractivity (Wildman–Crippen MR) is 150 cm³/mol. The molecule has 1 atom stereocenters. The summed E-state index contributed by atoms with van der Waals surface area (Å²) in [5, 5.41) is 3.44. The number of aromatic nitrogens is 2. The van der Waals surface area contributed by atoms with Gasteiger partial charge in [0.05, 0.1) is 16.5 Å². The number of carbonyl (C=O) groups is 1. The highest BCUT2D eigenvalue weighted by atomic mass is 32.2. The highest BCUT2D eigenvalue weighted by Crippen LogP contribution is 2.30. The summed E-state index contributed by atoms with van der Waals surface area (Å²) in [6, 6.07) is 21.7. The fraction of sp³-hybridized carbons (Fsp3) is 0.259. The number of aromatic amines is 1. The van der Waals surface area contributed by atoms with E-state index in [0.29, 0.717) is 28.8 Å². The van der Waals surface area contributed by atoms with Crippen molar-refractivity contribution in [1.29, 1.82) is 0 Å². The number of hydrogen-bond acceptors (Lipinski definition) is 7. The molecule has 0 saturated carbocycles. The highest BCUT2D eigenvalue weighted by molar-refractivity contribution is 7.99. The number of rotatable bonds is 12. The molecule has 200 valence electrons. The number of para-hydroxylation sites is 1. The van der Waals surface area contributed by atoms with E-state index in [9.17, 15) is 13.2 Å². The van der Waals surface area contributed by atoms with Crippen LogP contribution < -0.4 is 9.62 Å². The van der Waals surface area contributed by atoms with Crippen molar-refractivity contribution in [3.63, 3.8) is 0 Å². The molecule has 1 unspecified atom stereocenters. The fourth-order valence-corrected chi connectivity index (χ4v) is 6.31. The van der Waals surface area contributed by atoms with Crippen LogP contribution in [0.1, 0.15) is 16.1 Å². The van der Waals surface area contributed by atoms with Gasteiger partial charge in [0.1, 0.15) is 5.69 Å². The Morgan fingerprint density at radius 2 is 1.79 bits per heavy atom. The molecule has 0 aliphatic heterocycles. The number of nitrogens with one attached hydrogen (secondary N) is 2. The fourth-order valence-electron chi connectivity index (χ4n) is 3.99. The van der Waals surface area contributed by atoms with Crippen molar-refractivity contribution in [3.05, 3.63) is 90.3 Å². The molecule has 1 amide bonds. The van der Waals surface area contributed by atoms with Crippen LogP contribution in [-0.2, 0) is 25.2 Å². The van der Waals surface area contributed by atoms with Crippen LogP contribution in [0.2, 0.25) is 0 Å². The van der Waals surface area contributed by atoms with Crippen LogP contribution in [0, 0.1) is 0 Å². The molecule has 4 rings (SSSR count). The number of thioether (sulfide) groups is 1. The number of sulfonamides is 1. The minimum Gasteiger partial charge on any atom is -0.355 e. The largest absolute Gasteiger partial charge is 0.355 e. The van der Waals surface area contributed by atoms with E-state index >= 15 is 0 Å². The van der Waals surface area contributed by atoms with Crippen molar-refractivity contribution in [1.82, 2.24) is 15.3 Å². The van der Waals surface area contributed by atoms with E-state index in [-0.39, 0.29) is 16.2 Å². The molecule has 0 fully saturated rings. The Morgan fingerprint density at radius 3 is 2.47 bits per heavy atom. The summed E-state index contributed by atoms with van der Waals surface area (Å²) < 4.78 is 38.4. The topological polar surface area (TPSA) is 114 Å². The SMILES string of the molecule is COC(OC)C(CNC(=O)c1cc2cccc(N(C)S(=O)(=O)c3ccccn3)c2[nH]1)SCc1ccccc1. The molecule has 0 aliphatic carbocycles. The van der Waals surface area contributed by atoms with E-state index in [1.54, 1.807) is 56.3 Å². The molecular weight excluding hydrogens is 524 g/mol. The zero-order valence-corrected chi connectivity index (χ0v) is 23.0. The molecule has 9 nitrogen and oxygen atoms in total. The molecule has 0 saturated heterocycles. The van der Waals surface area contributed by atoms with Crippen molar-refractivity contribution in [3.8, 4) is 0 Å². The lowest BCUT2D eigenvalue weighted by Gasteiger charge is -2.24. The normalized spacial score (nSPS) is 12.5. The first-order valence-electron chi connectivity index (χ1n) is 11.9. The number of hydrogen-bond donors (Lipinski definition) is 2. The van der Waals surface area contributed by atoms with Crippen molar-refractivity contribution >= 4 is 44.3 Å². The smallest absolute Gasteiger partial charge is 0.281 e. The van der Waals surface area contributed by atoms with Gasteiger partial charge in [0.25, 0.3) is 15.9 Å². The van der Waals surface area contributed by atoms with Gasteiger partial charge >= 0.3 is 0 Å². The summed E-state index contributed by atoms with van der Waals surface area (Å²) in [5.41, 5.74) is 2.41. The zero-order chi connectivity index (χ0) is 27.1. The van der Waals surface area contributed by atoms with Gasteiger partial charge in [-0.1, -0.05) is 48.5 Å². The van der Waals surface area contributed by atoms with Gasteiger partial charge < -0.3 is 19.8 Å². The van der Waals surface area contributed by atoms with Crippen molar-refractivity contribution in [2.45, 2.75) is 22.3 Å². The number of benzene rings is 2. The lowest BCUT2D eigenvalue weighted by Crippen LogP contribution is -2.39. The molecule has 38 heavy (non-hydrogen) atoms. The first-order valence-corrected chi connectivity index (χ1v) is 14.3. The Hall–Kier alpha value is -3.38. The second kappa shape index (κ2) is 12.4. The maximum atomic E-state index is 13.1. The maximum absolute atomic E-state index is 13.1. The van der Waals surface area contributed by atoms with Crippen molar-refractivity contribution in [2.75, 3.05) is 32.1 Å². The van der Waals surface area contributed by atoms with Crippen LogP contribution >= 0.6 is 11.8 Å². The molecular formula is C27H30N4O5S2. The molecule has 4 aromatic rings. The second-order valence-corrected chi connectivity index (χ2v) is 11.6. The molecule has 11 heteroatoms. The minimum absolute atomic E-state index is 0.0612. The lowest BCUT2D eigenvalue weighted by atomic mass is 10.2. The van der Waals surface area contributed by atoms with Crippen LogP contribution in [0.3, 0.4) is 0 Å². The van der Waals surface area contributed by atoms with Crippen LogP contribution in [0.4, 0.5) is 5.69 Å². The maximum Gasteiger partial charge on any atom is 0.281 e. The first-order chi connectivity index (χ1) is 18.3. The van der Waals surface area contributed by atoms with E-state index < -0.39 is 16.3 Å². The minimum atomic E-state index is -3.89. The Morgan fingerprint density at radius 1 is 1.05 bits per heavy atom. The number of ether oxygens (including phenoxy) is 2. The van der Waals surface area contributed by atoms with Gasteiger partial charge in [0.15, 0.2) is 11.3 Å². The summed E-state index contributed by atoms with van der Waals surface area (Å²) >= 11 is 1.63. The Balaban J connectivity index is 1.51. The third kappa shape index (κ3) is 6.18. The molecule has 0 spiro atoms. The van der Waals surface area contributed by atoms with Gasteiger partial charge in [-0.25, -0.2) is 4.98 Å². The average molecular weight is 555 g/mol. The molecule has 0 bridgehead atoms. The standard InChI is InChI=1S/C27H30N4O5S2/c1-31(38(33,34)24-14-7-8-15-28-24)22-13-9-12-20-16-21(30-25(20)22)26(32)29-17-23(27(35-2)36-3)37-18-19-10-5-4-6-11-19/h4-16,23,27,30H,17-18H2,1-3H3,(H,29,32). The summed E-state index contributed by atoms with van der Waals surface area (Å²) in [7, 11) is 0.713. The van der Waals surface area contributed by atoms with E-state index in [4.69, 9.17) is 9.47 Å². The molecule has 0 aliphatic rings. The van der Waals surface area contributed by atoms with E-state index in [1.807, 2.05) is 36.4 Å². The summed E-state index contributed by atoms with van der Waals surface area (Å²) in [5.74, 6) is 0.413. The lowest BCUT2D eigenvalue weighted by molar-refractivity contribution is -0.101. The molecule has 2 N–H and O–H groups in total. The zero-order valence-electron chi connectivity index (χ0n) is 21.3. The Kier molecular flexibility index (Phi) is 9.05. The molecule has 2 aromatic heterocycles. The number of methoxy groups -OCH3 is 2. The van der Waals surface area contributed by atoms with E-state index in [1.165, 1.54) is 19.3 Å². The quantitative estimate of drug-likeness (QED) is 0.254. The number of fused-ring (bicyclic) bond motifs is 1. The Labute approximate surface area is 226 Å². The number of nitrogens with zero attached hydrogens (tertiary/aromatic N) is 2. The van der Waals surface area contributed by atoms with Crippen molar-refractivity contribution < 1.29 is 22.7 Å². The van der Waals surface area contributed by atoms with E-state index in [2.05, 4.69) is 15.3 Å². The van der Waals surface area contributed by atoms with Crippen LogP contribution in [0.5, 0.6) is 0 Å². The highest BCUT2D eigenvalue weighted by Gasteiger charge is 2.26. The average Bonchev–Trinajstić information content (AvgIpc) is 3.40. The van der Waals surface area contributed by atoms with Gasteiger partial charge in [0.2, 0.25) is 0 Å². The summed E-state index contributed by atoms with van der Waals surface area (Å²) in [4.78, 5) is 20.2. The van der Waals surface area contributed by atoms with Gasteiger partial charge in [-0.2, -0.15) is 8.42 Å². The number of carbonyl (C=O) groups excluding carboxylic acids is 1. The van der Waals surface area contributed by atoms with Gasteiger partial charge in [-0.3, -0.25) is 9.10 Å². The molecule has 2 aromatic carbocycles. The number of H-pyrrole nitrogens is 1. The number of amides is 1. The van der Waals surface area contributed by atoms with Gasteiger partial charge in [0, 0.05) is 45.1 Å². The predicted octanol–water partition coefficient (Wildman–Crippen LogP) is 4.04. The van der Waals surface area contributed by atoms with E-state index in [0.717, 1.165) is 15.6 Å². The van der Waals surface area contributed by atoms with Crippen LogP contribution in [-0.4, -0.2) is 63.6 Å². The van der Waals surface area contributed by atoms with Crippen LogP contribution in [0.25, 0.3) is 10.9 Å². The third-order valence-electron chi connectivity index (χ3n) is 6.02. The second-order valence-electron chi connectivity index (χ2n) is 8.45. The number of pyridine rings is 1. The molecule has 2 heterocycles. The Bertz CT molecular complexity index is 1460. The van der Waals surface area contributed by atoms with Gasteiger partial charge in [-0.05, 0) is 29.8 Å². The summed E-state index contributed by atoms with van der Waals surface area (Å²) in [6.45, 7) is 0.304. The monoisotopic (exact) mass is 554 g/mol. The third-order valence-corrected chi connectivity index (χ3v) is 9.02. The van der Waals surface area contributed by atoms with Gasteiger partial charge in [-0.15, -0.1) is 11.8 Å².